The van der Waals surface area contributed by atoms with E-state index in [1.807, 2.05) is 0 Å². The van der Waals surface area contributed by atoms with Crippen molar-refractivity contribution in [2.24, 2.45) is 17.1 Å². The molecule has 1 aromatic carbocycles. The van der Waals surface area contributed by atoms with Gasteiger partial charge in [0.15, 0.2) is 0 Å². The molecule has 0 radical (unpaired) electrons. The first-order valence-corrected chi connectivity index (χ1v) is 6.97. The molecule has 1 saturated carbocycles. The minimum atomic E-state index is -0.278. The molecule has 0 spiro atoms. The van der Waals surface area contributed by atoms with E-state index in [0.717, 1.165) is 12.8 Å². The van der Waals surface area contributed by atoms with E-state index in [0.29, 0.717) is 21.9 Å². The lowest BCUT2D eigenvalue weighted by Gasteiger charge is -2.37. The van der Waals surface area contributed by atoms with Gasteiger partial charge in [-0.15, -0.1) is 0 Å². The Morgan fingerprint density at radius 1 is 1.33 bits per heavy atom. The fourth-order valence-electron chi connectivity index (χ4n) is 2.81. The van der Waals surface area contributed by atoms with Gasteiger partial charge in [0.05, 0.1) is 0 Å². The van der Waals surface area contributed by atoms with Gasteiger partial charge >= 0.3 is 0 Å². The quantitative estimate of drug-likeness (QED) is 0.828. The average Bonchev–Trinajstić information content (AvgIpc) is 2.28. The normalized spacial score (nSPS) is 21.8. The zero-order valence-electron chi connectivity index (χ0n) is 11.0. The molecule has 1 nitrogen and oxygen atoms in total. The average molecular weight is 270 g/mol. The van der Waals surface area contributed by atoms with Crippen LogP contribution in [0.1, 0.15) is 51.1 Å². The first-order valence-electron chi connectivity index (χ1n) is 6.59. The molecule has 3 heteroatoms. The molecule has 18 heavy (non-hydrogen) atoms. The van der Waals surface area contributed by atoms with E-state index >= 15 is 0 Å². The Balaban J connectivity index is 2.10. The van der Waals surface area contributed by atoms with Crippen LogP contribution in [0.25, 0.3) is 0 Å². The molecule has 1 unspecified atom stereocenters. The van der Waals surface area contributed by atoms with E-state index in [-0.39, 0.29) is 11.9 Å². The maximum absolute atomic E-state index is 13.8. The van der Waals surface area contributed by atoms with Crippen molar-refractivity contribution in [3.8, 4) is 0 Å². The summed E-state index contributed by atoms with van der Waals surface area (Å²) >= 11 is 5.76. The Hall–Kier alpha value is -0.600. The highest BCUT2D eigenvalue weighted by atomic mass is 35.5. The highest BCUT2D eigenvalue weighted by Crippen LogP contribution is 2.42. The summed E-state index contributed by atoms with van der Waals surface area (Å²) < 4.78 is 13.8. The van der Waals surface area contributed by atoms with Crippen molar-refractivity contribution in [1.82, 2.24) is 0 Å². The van der Waals surface area contributed by atoms with Crippen LogP contribution in [0.5, 0.6) is 0 Å². The molecule has 2 rings (SSSR count). The van der Waals surface area contributed by atoms with Crippen LogP contribution >= 0.6 is 11.6 Å². The standard InChI is InChI=1S/C15H21ClFN/c1-15(2)7-5-10(6-8-15)14(18)12-4-3-11(16)9-13(12)17/h3-4,9-10,14H,5-8,18H2,1-2H3. The second-order valence-electron chi connectivity index (χ2n) is 6.19. The summed E-state index contributed by atoms with van der Waals surface area (Å²) in [4.78, 5) is 0. The van der Waals surface area contributed by atoms with Crippen molar-refractivity contribution in [3.63, 3.8) is 0 Å². The van der Waals surface area contributed by atoms with Gasteiger partial charge in [0.1, 0.15) is 5.82 Å². The van der Waals surface area contributed by atoms with E-state index < -0.39 is 0 Å². The zero-order valence-corrected chi connectivity index (χ0v) is 11.8. The van der Waals surface area contributed by atoms with E-state index in [4.69, 9.17) is 17.3 Å². The second kappa shape index (κ2) is 5.18. The monoisotopic (exact) mass is 269 g/mol. The summed E-state index contributed by atoms with van der Waals surface area (Å²) in [7, 11) is 0. The number of rotatable bonds is 2. The third-order valence-electron chi connectivity index (χ3n) is 4.21. The van der Waals surface area contributed by atoms with E-state index in [1.165, 1.54) is 18.9 Å². The molecule has 0 heterocycles. The van der Waals surface area contributed by atoms with Crippen LogP contribution in [0, 0.1) is 17.2 Å². The lowest BCUT2D eigenvalue weighted by molar-refractivity contribution is 0.172. The predicted molar refractivity (Wildman–Crippen MR) is 74.1 cm³/mol. The summed E-state index contributed by atoms with van der Waals surface area (Å²) in [6.45, 7) is 4.58. The van der Waals surface area contributed by atoms with Crippen molar-refractivity contribution in [3.05, 3.63) is 34.6 Å². The summed E-state index contributed by atoms with van der Waals surface area (Å²) in [6, 6.07) is 4.58. The van der Waals surface area contributed by atoms with E-state index in [9.17, 15) is 4.39 Å². The maximum atomic E-state index is 13.8. The number of halogens is 2. The first-order chi connectivity index (χ1) is 8.39. The van der Waals surface area contributed by atoms with Crippen LogP contribution in [0.15, 0.2) is 18.2 Å². The van der Waals surface area contributed by atoms with Gasteiger partial charge in [-0.05, 0) is 49.1 Å². The molecule has 0 aromatic heterocycles. The molecule has 1 fully saturated rings. The molecule has 0 bridgehead atoms. The van der Waals surface area contributed by atoms with Crippen molar-refractivity contribution in [1.29, 1.82) is 0 Å². The van der Waals surface area contributed by atoms with Gasteiger partial charge in [-0.2, -0.15) is 0 Å². The maximum Gasteiger partial charge on any atom is 0.129 e. The fraction of sp³-hybridized carbons (Fsp3) is 0.600. The molecular formula is C15H21ClFN. The van der Waals surface area contributed by atoms with Gasteiger partial charge in [0.25, 0.3) is 0 Å². The van der Waals surface area contributed by atoms with Crippen LogP contribution in [0.2, 0.25) is 5.02 Å². The molecular weight excluding hydrogens is 249 g/mol. The Morgan fingerprint density at radius 3 is 2.50 bits per heavy atom. The Bertz CT molecular complexity index is 421. The van der Waals surface area contributed by atoms with Crippen molar-refractivity contribution in [2.45, 2.75) is 45.6 Å². The van der Waals surface area contributed by atoms with E-state index in [2.05, 4.69) is 13.8 Å². The van der Waals surface area contributed by atoms with Crippen molar-refractivity contribution in [2.75, 3.05) is 0 Å². The third-order valence-corrected chi connectivity index (χ3v) is 4.45. The van der Waals surface area contributed by atoms with Gasteiger partial charge in [-0.3, -0.25) is 0 Å². The van der Waals surface area contributed by atoms with Gasteiger partial charge in [-0.1, -0.05) is 31.5 Å². The molecule has 1 aromatic rings. The Morgan fingerprint density at radius 2 is 1.94 bits per heavy atom. The summed E-state index contributed by atoms with van der Waals surface area (Å²) in [5.41, 5.74) is 7.24. The van der Waals surface area contributed by atoms with Crippen LogP contribution in [0.4, 0.5) is 4.39 Å². The fourth-order valence-corrected chi connectivity index (χ4v) is 2.97. The smallest absolute Gasteiger partial charge is 0.129 e. The zero-order chi connectivity index (χ0) is 13.3. The molecule has 100 valence electrons. The summed E-state index contributed by atoms with van der Waals surface area (Å²) in [5, 5.41) is 0.424. The van der Waals surface area contributed by atoms with Gasteiger partial charge in [0, 0.05) is 16.6 Å². The highest BCUT2D eigenvalue weighted by molar-refractivity contribution is 6.30. The van der Waals surface area contributed by atoms with Gasteiger partial charge < -0.3 is 5.73 Å². The molecule has 2 N–H and O–H groups in total. The SMILES string of the molecule is CC1(C)CCC(C(N)c2ccc(Cl)cc2F)CC1. The van der Waals surface area contributed by atoms with Crippen LogP contribution in [0.3, 0.4) is 0 Å². The molecule has 1 aliphatic rings. The highest BCUT2D eigenvalue weighted by Gasteiger charge is 2.31. The van der Waals surface area contributed by atoms with Crippen molar-refractivity contribution >= 4 is 11.6 Å². The topological polar surface area (TPSA) is 26.0 Å². The molecule has 0 aliphatic heterocycles. The second-order valence-corrected chi connectivity index (χ2v) is 6.63. The lowest BCUT2D eigenvalue weighted by atomic mass is 9.70. The molecule has 0 amide bonds. The molecule has 1 atom stereocenters. The Kier molecular flexibility index (Phi) is 3.98. The largest absolute Gasteiger partial charge is 0.324 e. The predicted octanol–water partition coefficient (Wildman–Crippen LogP) is 4.70. The van der Waals surface area contributed by atoms with Crippen LogP contribution in [-0.2, 0) is 0 Å². The number of benzene rings is 1. The molecule has 1 aliphatic carbocycles. The lowest BCUT2D eigenvalue weighted by Crippen LogP contribution is -2.29. The van der Waals surface area contributed by atoms with Crippen molar-refractivity contribution < 1.29 is 4.39 Å². The minimum absolute atomic E-state index is 0.210. The number of nitrogens with two attached hydrogens (primary N) is 1. The van der Waals surface area contributed by atoms with Gasteiger partial charge in [0.2, 0.25) is 0 Å². The van der Waals surface area contributed by atoms with Crippen LogP contribution < -0.4 is 5.73 Å². The number of hydrogen-bond donors (Lipinski definition) is 1. The molecule has 0 saturated heterocycles. The van der Waals surface area contributed by atoms with E-state index in [1.54, 1.807) is 12.1 Å². The number of hydrogen-bond acceptors (Lipinski definition) is 1. The summed E-state index contributed by atoms with van der Waals surface area (Å²) in [5.74, 6) is 0.105. The van der Waals surface area contributed by atoms with Gasteiger partial charge in [-0.25, -0.2) is 4.39 Å². The third kappa shape index (κ3) is 3.04. The summed E-state index contributed by atoms with van der Waals surface area (Å²) in [6.07, 6.45) is 4.49. The van der Waals surface area contributed by atoms with Crippen LogP contribution in [-0.4, -0.2) is 0 Å². The Labute approximate surface area is 114 Å². The first kappa shape index (κ1) is 13.8. The minimum Gasteiger partial charge on any atom is -0.324 e.